The number of carbonyl (C=O) groups excluding carboxylic acids is 1. The average molecular weight is 209 g/mol. The lowest BCUT2D eigenvalue weighted by Crippen LogP contribution is -2.34. The van der Waals surface area contributed by atoms with Crippen LogP contribution in [0.2, 0.25) is 0 Å². The Bertz CT molecular complexity index is 324. The van der Waals surface area contributed by atoms with Crippen LogP contribution in [0.3, 0.4) is 0 Å². The van der Waals surface area contributed by atoms with Gasteiger partial charge in [0.1, 0.15) is 5.82 Å². The molecule has 1 aromatic rings. The minimum Gasteiger partial charge on any atom is -0.392 e. The fourth-order valence-electron chi connectivity index (χ4n) is 1.24. The molecule has 1 rings (SSSR count). The summed E-state index contributed by atoms with van der Waals surface area (Å²) in [4.78, 5) is 16.7. The largest absolute Gasteiger partial charge is 0.392 e. The lowest BCUT2D eigenvalue weighted by molar-refractivity contribution is -0.116. The van der Waals surface area contributed by atoms with Crippen molar-refractivity contribution in [3.05, 3.63) is 23.9 Å². The Morgan fingerprint density at radius 2 is 2.33 bits per heavy atom. The molecule has 0 saturated heterocycles. The summed E-state index contributed by atoms with van der Waals surface area (Å²) in [6.45, 7) is 2.70. The number of pyridine rings is 1. The molecule has 5 heteroatoms. The Morgan fingerprint density at radius 1 is 1.60 bits per heavy atom. The van der Waals surface area contributed by atoms with Gasteiger partial charge in [0.15, 0.2) is 0 Å². The molecule has 3 N–H and O–H groups in total. The highest BCUT2D eigenvalue weighted by Gasteiger charge is 2.07. The second kappa shape index (κ2) is 5.31. The topological polar surface area (TPSA) is 79.5 Å². The van der Waals surface area contributed by atoms with Crippen molar-refractivity contribution in [1.82, 2.24) is 4.98 Å². The van der Waals surface area contributed by atoms with E-state index >= 15 is 0 Å². The van der Waals surface area contributed by atoms with Crippen molar-refractivity contribution in [2.45, 2.75) is 13.5 Å². The van der Waals surface area contributed by atoms with Crippen LogP contribution in [0.1, 0.15) is 12.5 Å². The van der Waals surface area contributed by atoms with Gasteiger partial charge in [0.2, 0.25) is 5.91 Å². The Balaban J connectivity index is 2.78. The van der Waals surface area contributed by atoms with E-state index in [1.54, 1.807) is 23.2 Å². The number of nitrogens with two attached hydrogens (primary N) is 1. The predicted octanol–water partition coefficient (Wildman–Crippen LogP) is -0.115. The van der Waals surface area contributed by atoms with E-state index in [0.717, 1.165) is 5.56 Å². The summed E-state index contributed by atoms with van der Waals surface area (Å²) < 4.78 is 0. The number of nitrogens with zero attached hydrogens (tertiary/aromatic N) is 2. The second-order valence-electron chi connectivity index (χ2n) is 3.16. The van der Waals surface area contributed by atoms with Crippen LogP contribution in [0.5, 0.6) is 0 Å². The van der Waals surface area contributed by atoms with E-state index < -0.39 is 0 Å². The quantitative estimate of drug-likeness (QED) is 0.709. The van der Waals surface area contributed by atoms with Crippen molar-refractivity contribution >= 4 is 11.7 Å². The molecule has 0 spiro atoms. The monoisotopic (exact) mass is 209 g/mol. The number of likely N-dealkylation sites (N-methyl/N-ethyl adjacent to an activating group) is 1. The van der Waals surface area contributed by atoms with Gasteiger partial charge in [0.05, 0.1) is 13.2 Å². The molecule has 5 nitrogen and oxygen atoms in total. The fraction of sp³-hybridized carbons (Fsp3) is 0.400. The number of anilines is 1. The summed E-state index contributed by atoms with van der Waals surface area (Å²) in [5.74, 6) is 0.304. The van der Waals surface area contributed by atoms with Crippen molar-refractivity contribution in [3.8, 4) is 0 Å². The van der Waals surface area contributed by atoms with Crippen molar-refractivity contribution in [3.63, 3.8) is 0 Å². The van der Waals surface area contributed by atoms with Gasteiger partial charge in [-0.05, 0) is 18.6 Å². The van der Waals surface area contributed by atoms with Crippen LogP contribution in [0.4, 0.5) is 5.82 Å². The van der Waals surface area contributed by atoms with Gasteiger partial charge in [-0.3, -0.25) is 4.79 Å². The van der Waals surface area contributed by atoms with Crippen LogP contribution in [-0.4, -0.2) is 29.1 Å². The number of aromatic nitrogens is 1. The van der Waals surface area contributed by atoms with Gasteiger partial charge in [0.25, 0.3) is 0 Å². The summed E-state index contributed by atoms with van der Waals surface area (Å²) in [6, 6.07) is 3.53. The highest BCUT2D eigenvalue weighted by atomic mass is 16.3. The maximum absolute atomic E-state index is 10.8. The van der Waals surface area contributed by atoms with E-state index in [9.17, 15) is 4.79 Å². The molecule has 0 unspecified atom stereocenters. The number of primary amides is 1. The van der Waals surface area contributed by atoms with Crippen LogP contribution >= 0.6 is 0 Å². The van der Waals surface area contributed by atoms with Crippen LogP contribution in [0.25, 0.3) is 0 Å². The Kier molecular flexibility index (Phi) is 4.05. The van der Waals surface area contributed by atoms with E-state index in [4.69, 9.17) is 10.8 Å². The van der Waals surface area contributed by atoms with Crippen LogP contribution in [0.15, 0.2) is 18.3 Å². The van der Waals surface area contributed by atoms with Crippen molar-refractivity contribution in [2.24, 2.45) is 5.73 Å². The van der Waals surface area contributed by atoms with E-state index in [-0.39, 0.29) is 19.1 Å². The molecule has 82 valence electrons. The van der Waals surface area contributed by atoms with Gasteiger partial charge >= 0.3 is 0 Å². The molecule has 0 saturated carbocycles. The summed E-state index contributed by atoms with van der Waals surface area (Å²) in [5.41, 5.74) is 5.86. The van der Waals surface area contributed by atoms with Gasteiger partial charge in [0, 0.05) is 12.7 Å². The maximum atomic E-state index is 10.8. The zero-order valence-corrected chi connectivity index (χ0v) is 8.68. The molecule has 1 amide bonds. The highest BCUT2D eigenvalue weighted by molar-refractivity contribution is 5.79. The van der Waals surface area contributed by atoms with Gasteiger partial charge in [-0.25, -0.2) is 4.98 Å². The average Bonchev–Trinajstić information content (AvgIpc) is 2.26. The molecule has 0 fully saturated rings. The zero-order chi connectivity index (χ0) is 11.3. The summed E-state index contributed by atoms with van der Waals surface area (Å²) in [5, 5.41) is 8.84. The molecule has 0 bridgehead atoms. The highest BCUT2D eigenvalue weighted by Crippen LogP contribution is 2.10. The maximum Gasteiger partial charge on any atom is 0.236 e. The summed E-state index contributed by atoms with van der Waals surface area (Å²) in [7, 11) is 0. The molecule has 15 heavy (non-hydrogen) atoms. The molecular formula is C10H15N3O2. The van der Waals surface area contributed by atoms with Crippen molar-refractivity contribution in [2.75, 3.05) is 18.0 Å². The van der Waals surface area contributed by atoms with Gasteiger partial charge in [-0.1, -0.05) is 6.07 Å². The number of rotatable bonds is 5. The van der Waals surface area contributed by atoms with Gasteiger partial charge in [-0.15, -0.1) is 0 Å². The molecule has 0 radical (unpaired) electrons. The van der Waals surface area contributed by atoms with Gasteiger partial charge < -0.3 is 15.7 Å². The first-order valence-electron chi connectivity index (χ1n) is 4.76. The van der Waals surface area contributed by atoms with E-state index in [2.05, 4.69) is 4.98 Å². The molecule has 1 heterocycles. The summed E-state index contributed by atoms with van der Waals surface area (Å²) >= 11 is 0. The predicted molar refractivity (Wildman–Crippen MR) is 57.2 cm³/mol. The third-order valence-electron chi connectivity index (χ3n) is 2.04. The lowest BCUT2D eigenvalue weighted by Gasteiger charge is -2.19. The molecule has 0 aliphatic heterocycles. The molecule has 0 aromatic carbocycles. The SMILES string of the molecule is CCN(CC(N)=O)c1ccc(CO)cn1. The second-order valence-corrected chi connectivity index (χ2v) is 3.16. The first kappa shape index (κ1) is 11.5. The van der Waals surface area contributed by atoms with Crippen LogP contribution in [0, 0.1) is 0 Å². The number of hydrogen-bond donors (Lipinski definition) is 2. The van der Waals surface area contributed by atoms with Crippen LogP contribution < -0.4 is 10.6 Å². The molecule has 1 aromatic heterocycles. The smallest absolute Gasteiger partial charge is 0.236 e. The lowest BCUT2D eigenvalue weighted by atomic mass is 10.3. The Hall–Kier alpha value is -1.62. The third-order valence-corrected chi connectivity index (χ3v) is 2.04. The number of carbonyl (C=O) groups is 1. The third kappa shape index (κ3) is 3.21. The number of aliphatic hydroxyl groups is 1. The number of aliphatic hydroxyl groups excluding tert-OH is 1. The number of amides is 1. The molecule has 0 aliphatic rings. The van der Waals surface area contributed by atoms with E-state index in [1.165, 1.54) is 0 Å². The molecular weight excluding hydrogens is 194 g/mol. The summed E-state index contributed by atoms with van der Waals surface area (Å²) in [6.07, 6.45) is 1.58. The minimum atomic E-state index is -0.384. The first-order chi connectivity index (χ1) is 7.17. The Labute approximate surface area is 88.5 Å². The standard InChI is InChI=1S/C10H15N3O2/c1-2-13(6-9(11)15)10-4-3-8(7-14)5-12-10/h3-5,14H,2,6-7H2,1H3,(H2,11,15). The first-order valence-corrected chi connectivity index (χ1v) is 4.76. The Morgan fingerprint density at radius 3 is 2.73 bits per heavy atom. The van der Waals surface area contributed by atoms with E-state index in [1.807, 2.05) is 6.92 Å². The number of hydrogen-bond acceptors (Lipinski definition) is 4. The van der Waals surface area contributed by atoms with Gasteiger partial charge in [-0.2, -0.15) is 0 Å². The van der Waals surface area contributed by atoms with E-state index in [0.29, 0.717) is 12.4 Å². The zero-order valence-electron chi connectivity index (χ0n) is 8.68. The van der Waals surface area contributed by atoms with Crippen molar-refractivity contribution < 1.29 is 9.90 Å². The minimum absolute atomic E-state index is 0.0325. The van der Waals surface area contributed by atoms with Crippen LogP contribution in [-0.2, 0) is 11.4 Å². The molecule has 0 atom stereocenters. The molecule has 0 aliphatic carbocycles. The normalized spacial score (nSPS) is 10.0. The fourth-order valence-corrected chi connectivity index (χ4v) is 1.24. The van der Waals surface area contributed by atoms with Crippen molar-refractivity contribution in [1.29, 1.82) is 0 Å².